The van der Waals surface area contributed by atoms with Crippen LogP contribution < -0.4 is 10.4 Å². The van der Waals surface area contributed by atoms with Crippen LogP contribution in [0.25, 0.3) is 21.0 Å². The van der Waals surface area contributed by atoms with Crippen LogP contribution in [-0.2, 0) is 13.7 Å². The Morgan fingerprint density at radius 3 is 2.77 bits per heavy atom. The molecule has 9 nitrogen and oxygen atoms in total. The van der Waals surface area contributed by atoms with Crippen LogP contribution >= 0.6 is 11.3 Å². The van der Waals surface area contributed by atoms with Crippen molar-refractivity contribution < 1.29 is 4.74 Å². The third kappa shape index (κ3) is 3.50. The van der Waals surface area contributed by atoms with E-state index in [1.807, 2.05) is 43.5 Å². The summed E-state index contributed by atoms with van der Waals surface area (Å²) in [5.74, 6) is 0.469. The van der Waals surface area contributed by atoms with Crippen LogP contribution in [0, 0.1) is 13.8 Å². The predicted molar refractivity (Wildman–Crippen MR) is 117 cm³/mol. The maximum absolute atomic E-state index is 12.3. The van der Waals surface area contributed by atoms with Crippen molar-refractivity contribution >= 4 is 21.6 Å². The maximum Gasteiger partial charge on any atom is 0.368 e. The smallest absolute Gasteiger partial charge is 0.368 e. The van der Waals surface area contributed by atoms with Crippen LogP contribution in [-0.4, -0.2) is 34.6 Å². The van der Waals surface area contributed by atoms with E-state index in [4.69, 9.17) is 4.74 Å². The first-order valence-corrected chi connectivity index (χ1v) is 10.4. The summed E-state index contributed by atoms with van der Waals surface area (Å²) >= 11 is 1.58. The molecule has 3 heterocycles. The van der Waals surface area contributed by atoms with Gasteiger partial charge in [-0.1, -0.05) is 29.5 Å². The predicted octanol–water partition coefficient (Wildman–Crippen LogP) is 2.96. The van der Waals surface area contributed by atoms with Crippen molar-refractivity contribution in [1.82, 2.24) is 34.6 Å². The van der Waals surface area contributed by atoms with Crippen LogP contribution in [0.3, 0.4) is 0 Å². The van der Waals surface area contributed by atoms with E-state index in [1.165, 1.54) is 14.9 Å². The fourth-order valence-electron chi connectivity index (χ4n) is 3.29. The van der Waals surface area contributed by atoms with Crippen molar-refractivity contribution in [2.24, 2.45) is 7.05 Å². The first kappa shape index (κ1) is 19.2. The highest BCUT2D eigenvalue weighted by Gasteiger charge is 2.14. The molecule has 0 radical (unpaired) electrons. The fraction of sp³-hybridized carbons (Fsp3) is 0.190. The lowest BCUT2D eigenvalue weighted by molar-refractivity contribution is 0.290. The summed E-state index contributed by atoms with van der Waals surface area (Å²) in [7, 11) is 1.56. The second kappa shape index (κ2) is 7.47. The van der Waals surface area contributed by atoms with Gasteiger partial charge in [-0.3, -0.25) is 0 Å². The summed E-state index contributed by atoms with van der Waals surface area (Å²) in [6.45, 7) is 4.26. The molecular weight excluding hydrogens is 414 g/mol. The average molecular weight is 433 g/mol. The van der Waals surface area contributed by atoms with E-state index in [2.05, 4.69) is 33.5 Å². The Hall–Kier alpha value is -3.79. The van der Waals surface area contributed by atoms with Crippen molar-refractivity contribution in [2.45, 2.75) is 20.5 Å². The van der Waals surface area contributed by atoms with Gasteiger partial charge in [0.1, 0.15) is 6.61 Å². The lowest BCUT2D eigenvalue weighted by Crippen LogP contribution is -2.23. The number of aromatic nitrogens is 7. The summed E-state index contributed by atoms with van der Waals surface area (Å²) in [6, 6.07) is 13.6. The Morgan fingerprint density at radius 2 is 1.97 bits per heavy atom. The summed E-state index contributed by atoms with van der Waals surface area (Å²) in [5, 5.41) is 13.0. The number of thiazole rings is 1. The highest BCUT2D eigenvalue weighted by Crippen LogP contribution is 2.26. The molecule has 0 spiro atoms. The van der Waals surface area contributed by atoms with E-state index in [0.717, 1.165) is 26.5 Å². The minimum atomic E-state index is -0.317. The van der Waals surface area contributed by atoms with Gasteiger partial charge in [0.25, 0.3) is 0 Å². The van der Waals surface area contributed by atoms with Gasteiger partial charge in [0.2, 0.25) is 11.0 Å². The van der Waals surface area contributed by atoms with Crippen LogP contribution in [0.2, 0.25) is 0 Å². The van der Waals surface area contributed by atoms with Gasteiger partial charge in [-0.2, -0.15) is 9.36 Å². The molecule has 0 saturated heterocycles. The molecule has 0 aliphatic heterocycles. The van der Waals surface area contributed by atoms with E-state index < -0.39 is 0 Å². The van der Waals surface area contributed by atoms with Gasteiger partial charge in [0.05, 0.1) is 15.9 Å². The molecule has 156 valence electrons. The summed E-state index contributed by atoms with van der Waals surface area (Å²) in [5.41, 5.74) is 4.29. The van der Waals surface area contributed by atoms with Gasteiger partial charge in [-0.15, -0.1) is 5.10 Å². The van der Waals surface area contributed by atoms with Crippen LogP contribution in [0.15, 0.2) is 53.5 Å². The molecule has 0 unspecified atom stereocenters. The second-order valence-electron chi connectivity index (χ2n) is 7.22. The van der Waals surface area contributed by atoms with Crippen molar-refractivity contribution in [3.8, 4) is 16.7 Å². The molecule has 31 heavy (non-hydrogen) atoms. The van der Waals surface area contributed by atoms with Crippen molar-refractivity contribution in [2.75, 3.05) is 0 Å². The molecule has 0 amide bonds. The highest BCUT2D eigenvalue weighted by molar-refractivity contribution is 7.20. The van der Waals surface area contributed by atoms with Crippen molar-refractivity contribution in [1.29, 1.82) is 0 Å². The number of tetrazole rings is 1. The number of rotatable bonds is 5. The molecule has 0 fully saturated rings. The fourth-order valence-corrected chi connectivity index (χ4v) is 4.29. The Kier molecular flexibility index (Phi) is 4.63. The summed E-state index contributed by atoms with van der Waals surface area (Å²) in [6.07, 6.45) is 1.83. The molecule has 3 aromatic heterocycles. The molecule has 5 rings (SSSR count). The zero-order valence-electron chi connectivity index (χ0n) is 17.2. The third-order valence-electron chi connectivity index (χ3n) is 4.99. The topological polar surface area (TPSA) is 92.7 Å². The number of hydrogen-bond acceptors (Lipinski definition) is 7. The van der Waals surface area contributed by atoms with Gasteiger partial charge >= 0.3 is 5.69 Å². The summed E-state index contributed by atoms with van der Waals surface area (Å²) < 4.78 is 11.2. The number of hydrogen-bond donors (Lipinski definition) is 0. The van der Waals surface area contributed by atoms with Crippen LogP contribution in [0.1, 0.15) is 16.7 Å². The Bertz CT molecular complexity index is 1460. The van der Waals surface area contributed by atoms with Gasteiger partial charge in [0.15, 0.2) is 0 Å². The van der Waals surface area contributed by atoms with Crippen molar-refractivity contribution in [3.63, 3.8) is 0 Å². The van der Waals surface area contributed by atoms with Crippen LogP contribution in [0.4, 0.5) is 0 Å². The van der Waals surface area contributed by atoms with E-state index in [1.54, 1.807) is 29.1 Å². The van der Waals surface area contributed by atoms with E-state index >= 15 is 0 Å². The monoisotopic (exact) mass is 433 g/mol. The first-order chi connectivity index (χ1) is 15.0. The minimum absolute atomic E-state index is 0.237. The average Bonchev–Trinajstić information content (AvgIpc) is 3.46. The van der Waals surface area contributed by atoms with Crippen molar-refractivity contribution in [3.05, 3.63) is 75.8 Å². The molecule has 0 N–H and O–H groups in total. The molecule has 10 heteroatoms. The minimum Gasteiger partial charge on any atom is -0.472 e. The Labute approximate surface area is 181 Å². The molecule has 0 saturated carbocycles. The quantitative estimate of drug-likeness (QED) is 0.423. The normalized spacial score (nSPS) is 11.3. The van der Waals surface area contributed by atoms with Gasteiger partial charge < -0.3 is 4.74 Å². The number of benzene rings is 2. The molecule has 2 aromatic carbocycles. The van der Waals surface area contributed by atoms with Gasteiger partial charge in [-0.25, -0.2) is 14.5 Å². The number of ether oxygens (including phenoxy) is 1. The molecular formula is C21H19N7O2S. The SMILES string of the molecule is Cc1ccc2nc(-n3ccc(OCc4c(C)cccc4-n4nnn(C)c4=O)n3)sc2c1. The maximum atomic E-state index is 12.3. The Morgan fingerprint density at radius 1 is 1.10 bits per heavy atom. The summed E-state index contributed by atoms with van der Waals surface area (Å²) in [4.78, 5) is 16.9. The second-order valence-corrected chi connectivity index (χ2v) is 8.23. The highest BCUT2D eigenvalue weighted by atomic mass is 32.1. The van der Waals surface area contributed by atoms with E-state index in [0.29, 0.717) is 11.6 Å². The molecule has 5 aromatic rings. The number of fused-ring (bicyclic) bond motifs is 1. The lowest BCUT2D eigenvalue weighted by Gasteiger charge is -2.11. The molecule has 0 bridgehead atoms. The van der Waals surface area contributed by atoms with Crippen LogP contribution in [0.5, 0.6) is 5.88 Å². The first-order valence-electron chi connectivity index (χ1n) is 9.63. The number of nitrogens with zero attached hydrogens (tertiary/aromatic N) is 7. The van der Waals surface area contributed by atoms with Gasteiger partial charge in [-0.05, 0) is 53.6 Å². The Balaban J connectivity index is 1.41. The lowest BCUT2D eigenvalue weighted by atomic mass is 10.1. The standard InChI is InChI=1S/C21H19N7O2S/c1-13-7-8-16-18(11-13)31-20(22-16)27-10-9-19(23-27)30-12-15-14(2)5-4-6-17(15)28-21(29)26(3)24-25-28/h4-11H,12H2,1-3H3. The van der Waals surface area contributed by atoms with Gasteiger partial charge in [0, 0.05) is 24.9 Å². The largest absolute Gasteiger partial charge is 0.472 e. The third-order valence-corrected chi connectivity index (χ3v) is 6.00. The zero-order chi connectivity index (χ0) is 21.5. The molecule has 0 aliphatic carbocycles. The number of aryl methyl sites for hydroxylation is 3. The molecule has 0 aliphatic rings. The van der Waals surface area contributed by atoms with E-state index in [9.17, 15) is 4.79 Å². The zero-order valence-corrected chi connectivity index (χ0v) is 18.0. The van der Waals surface area contributed by atoms with E-state index in [-0.39, 0.29) is 12.3 Å². The molecule has 0 atom stereocenters.